The zero-order chi connectivity index (χ0) is 14.0. The molecule has 2 saturated heterocycles. The van der Waals surface area contributed by atoms with Gasteiger partial charge in [0.25, 0.3) is 0 Å². The Morgan fingerprint density at radius 3 is 2.42 bits per heavy atom. The number of morpholine rings is 1. The van der Waals surface area contributed by atoms with Crippen LogP contribution in [-0.2, 0) is 9.47 Å². The van der Waals surface area contributed by atoms with Gasteiger partial charge in [-0.1, -0.05) is 13.8 Å². The number of rotatable bonds is 3. The van der Waals surface area contributed by atoms with E-state index in [0.29, 0.717) is 24.2 Å². The Bertz CT molecular complexity index is 288. The van der Waals surface area contributed by atoms with Crippen molar-refractivity contribution in [3.63, 3.8) is 0 Å². The first kappa shape index (κ1) is 15.2. The van der Waals surface area contributed by atoms with Gasteiger partial charge in [0, 0.05) is 31.8 Å². The van der Waals surface area contributed by atoms with E-state index in [2.05, 4.69) is 32.6 Å². The van der Waals surface area contributed by atoms with Gasteiger partial charge in [0.1, 0.15) is 0 Å². The Morgan fingerprint density at radius 2 is 1.89 bits per heavy atom. The van der Waals surface area contributed by atoms with Gasteiger partial charge in [0.15, 0.2) is 0 Å². The minimum Gasteiger partial charge on any atom is -0.378 e. The molecule has 4 atom stereocenters. The third-order valence-electron chi connectivity index (χ3n) is 4.69. The van der Waals surface area contributed by atoms with Crippen molar-refractivity contribution in [3.8, 4) is 0 Å². The van der Waals surface area contributed by atoms with Gasteiger partial charge in [-0.05, 0) is 32.6 Å². The average molecular weight is 270 g/mol. The van der Waals surface area contributed by atoms with Crippen molar-refractivity contribution >= 4 is 0 Å². The van der Waals surface area contributed by atoms with Crippen LogP contribution in [0.25, 0.3) is 0 Å². The van der Waals surface area contributed by atoms with Crippen molar-refractivity contribution in [2.45, 2.75) is 64.4 Å². The SMILES string of the molecule is CC1CN(C2(CN)CCOC(C(C)C)C2)CC(C)O1. The lowest BCUT2D eigenvalue weighted by Crippen LogP contribution is -2.63. The van der Waals surface area contributed by atoms with E-state index in [1.807, 2.05) is 0 Å². The van der Waals surface area contributed by atoms with E-state index < -0.39 is 0 Å². The fraction of sp³-hybridized carbons (Fsp3) is 1.00. The van der Waals surface area contributed by atoms with Crippen molar-refractivity contribution < 1.29 is 9.47 Å². The molecule has 0 aliphatic carbocycles. The molecule has 0 aromatic carbocycles. The van der Waals surface area contributed by atoms with Crippen LogP contribution in [0.4, 0.5) is 0 Å². The monoisotopic (exact) mass is 270 g/mol. The fourth-order valence-electron chi connectivity index (χ4n) is 3.53. The lowest BCUT2D eigenvalue weighted by Gasteiger charge is -2.52. The van der Waals surface area contributed by atoms with Crippen LogP contribution in [0.15, 0.2) is 0 Å². The predicted octanol–water partition coefficient (Wildman–Crippen LogP) is 1.63. The van der Waals surface area contributed by atoms with E-state index >= 15 is 0 Å². The third kappa shape index (κ3) is 3.30. The van der Waals surface area contributed by atoms with Crippen LogP contribution in [0.2, 0.25) is 0 Å². The molecule has 0 bridgehead atoms. The van der Waals surface area contributed by atoms with Crippen molar-refractivity contribution in [3.05, 3.63) is 0 Å². The van der Waals surface area contributed by atoms with Gasteiger partial charge in [-0.15, -0.1) is 0 Å². The normalized spacial score (nSPS) is 41.7. The summed E-state index contributed by atoms with van der Waals surface area (Å²) in [4.78, 5) is 2.57. The number of hydrogen-bond donors (Lipinski definition) is 1. The molecular formula is C15H30N2O2. The molecule has 2 heterocycles. The molecule has 2 N–H and O–H groups in total. The highest BCUT2D eigenvalue weighted by molar-refractivity contribution is 4.99. The molecule has 19 heavy (non-hydrogen) atoms. The first-order valence-electron chi connectivity index (χ1n) is 7.69. The summed E-state index contributed by atoms with van der Waals surface area (Å²) in [6.07, 6.45) is 3.04. The molecule has 0 radical (unpaired) electrons. The van der Waals surface area contributed by atoms with E-state index in [9.17, 15) is 0 Å². The summed E-state index contributed by atoms with van der Waals surface area (Å²) in [6, 6.07) is 0. The summed E-state index contributed by atoms with van der Waals surface area (Å²) in [5.41, 5.74) is 6.29. The quantitative estimate of drug-likeness (QED) is 0.847. The molecule has 0 aromatic heterocycles. The highest BCUT2D eigenvalue weighted by atomic mass is 16.5. The van der Waals surface area contributed by atoms with Crippen LogP contribution in [0.1, 0.15) is 40.5 Å². The van der Waals surface area contributed by atoms with Crippen molar-refractivity contribution in [1.82, 2.24) is 4.90 Å². The molecular weight excluding hydrogens is 240 g/mol. The molecule has 2 rings (SSSR count). The molecule has 4 nitrogen and oxygen atoms in total. The maximum Gasteiger partial charge on any atom is 0.0678 e. The van der Waals surface area contributed by atoms with Crippen LogP contribution in [-0.4, -0.2) is 55.0 Å². The standard InChI is InChI=1S/C15H30N2O2/c1-11(2)14-7-15(10-16,5-6-18-14)17-8-12(3)19-13(4)9-17/h11-14H,5-10,16H2,1-4H3. The van der Waals surface area contributed by atoms with E-state index in [4.69, 9.17) is 15.2 Å². The Morgan fingerprint density at radius 1 is 1.26 bits per heavy atom. The second kappa shape index (κ2) is 6.08. The number of nitrogens with zero attached hydrogens (tertiary/aromatic N) is 1. The Hall–Kier alpha value is -0.160. The van der Waals surface area contributed by atoms with E-state index in [-0.39, 0.29) is 5.54 Å². The first-order valence-corrected chi connectivity index (χ1v) is 7.69. The number of hydrogen-bond acceptors (Lipinski definition) is 4. The van der Waals surface area contributed by atoms with Crippen molar-refractivity contribution in [2.24, 2.45) is 11.7 Å². The smallest absolute Gasteiger partial charge is 0.0678 e. The van der Waals surface area contributed by atoms with E-state index in [0.717, 1.165) is 39.1 Å². The number of ether oxygens (including phenoxy) is 2. The van der Waals surface area contributed by atoms with Gasteiger partial charge >= 0.3 is 0 Å². The molecule has 112 valence electrons. The Kier molecular flexibility index (Phi) is 4.88. The van der Waals surface area contributed by atoms with Gasteiger partial charge in [-0.2, -0.15) is 0 Å². The Labute approximate surface area is 117 Å². The number of nitrogens with two attached hydrogens (primary N) is 1. The van der Waals surface area contributed by atoms with E-state index in [1.54, 1.807) is 0 Å². The lowest BCUT2D eigenvalue weighted by molar-refractivity contribution is -0.140. The van der Waals surface area contributed by atoms with Crippen molar-refractivity contribution in [1.29, 1.82) is 0 Å². The molecule has 4 unspecified atom stereocenters. The second-order valence-electron chi connectivity index (χ2n) is 6.70. The largest absolute Gasteiger partial charge is 0.378 e. The van der Waals surface area contributed by atoms with Gasteiger partial charge in [0.2, 0.25) is 0 Å². The third-order valence-corrected chi connectivity index (χ3v) is 4.69. The zero-order valence-electron chi connectivity index (χ0n) is 12.9. The topological polar surface area (TPSA) is 47.7 Å². The average Bonchev–Trinajstić information content (AvgIpc) is 2.37. The summed E-state index contributed by atoms with van der Waals surface area (Å²) < 4.78 is 11.8. The van der Waals surface area contributed by atoms with Gasteiger partial charge in [-0.3, -0.25) is 4.90 Å². The summed E-state index contributed by atoms with van der Waals surface area (Å²) in [5.74, 6) is 0.558. The highest BCUT2D eigenvalue weighted by Gasteiger charge is 2.43. The minimum atomic E-state index is 0.111. The van der Waals surface area contributed by atoms with Gasteiger partial charge in [0.05, 0.1) is 18.3 Å². The molecule has 0 amide bonds. The maximum atomic E-state index is 6.18. The van der Waals surface area contributed by atoms with Crippen LogP contribution in [0.5, 0.6) is 0 Å². The van der Waals surface area contributed by atoms with Gasteiger partial charge < -0.3 is 15.2 Å². The molecule has 2 aliphatic heterocycles. The predicted molar refractivity (Wildman–Crippen MR) is 77.2 cm³/mol. The molecule has 0 saturated carbocycles. The maximum absolute atomic E-state index is 6.18. The van der Waals surface area contributed by atoms with Crippen LogP contribution >= 0.6 is 0 Å². The summed E-state index contributed by atoms with van der Waals surface area (Å²) in [6.45, 7) is 12.3. The summed E-state index contributed by atoms with van der Waals surface area (Å²) in [7, 11) is 0. The zero-order valence-corrected chi connectivity index (χ0v) is 12.9. The highest BCUT2D eigenvalue weighted by Crippen LogP contribution is 2.34. The van der Waals surface area contributed by atoms with Crippen LogP contribution < -0.4 is 5.73 Å². The fourth-order valence-corrected chi connectivity index (χ4v) is 3.53. The molecule has 2 aliphatic rings. The van der Waals surface area contributed by atoms with Crippen LogP contribution in [0.3, 0.4) is 0 Å². The molecule has 0 aromatic rings. The van der Waals surface area contributed by atoms with Gasteiger partial charge in [-0.25, -0.2) is 0 Å². The first-order chi connectivity index (χ1) is 8.97. The van der Waals surface area contributed by atoms with Crippen molar-refractivity contribution in [2.75, 3.05) is 26.2 Å². The molecule has 4 heteroatoms. The second-order valence-corrected chi connectivity index (χ2v) is 6.70. The Balaban J connectivity index is 2.12. The molecule has 2 fully saturated rings. The summed E-state index contributed by atoms with van der Waals surface area (Å²) >= 11 is 0. The minimum absolute atomic E-state index is 0.111. The molecule has 0 spiro atoms. The lowest BCUT2D eigenvalue weighted by atomic mass is 9.81. The summed E-state index contributed by atoms with van der Waals surface area (Å²) in [5, 5.41) is 0. The van der Waals surface area contributed by atoms with E-state index in [1.165, 1.54) is 0 Å². The van der Waals surface area contributed by atoms with Crippen LogP contribution in [0, 0.1) is 5.92 Å².